The fourth-order valence-corrected chi connectivity index (χ4v) is 1.82. The minimum atomic E-state index is -1.49. The van der Waals surface area contributed by atoms with Crippen molar-refractivity contribution in [1.82, 2.24) is 21.5 Å². The lowest BCUT2D eigenvalue weighted by molar-refractivity contribution is -0.140. The number of urea groups is 1. The van der Waals surface area contributed by atoms with Crippen molar-refractivity contribution in [2.75, 3.05) is 6.61 Å². The number of primary amides is 1. The lowest BCUT2D eigenvalue weighted by Crippen LogP contribution is -2.58. The first-order chi connectivity index (χ1) is 12.5. The molecule has 4 atom stereocenters. The topological polar surface area (TPSA) is 226 Å². The minimum Gasteiger partial charge on any atom is -0.480 e. The van der Waals surface area contributed by atoms with Gasteiger partial charge >= 0.3 is 12.0 Å². The molecule has 0 aliphatic carbocycles. The monoisotopic (exact) mass is 390 g/mol. The Labute approximate surface area is 155 Å². The number of hydrogen-bond acceptors (Lipinski definition) is 7. The van der Waals surface area contributed by atoms with E-state index in [-0.39, 0.29) is 0 Å². The standard InChI is InChI=1S/C14H26N6O7/c1-3-6(2)10(13(25)26)18-14(27)17-8(4-9(16)22)12(24)20-19-11(23)7(15)5-21/h6-8,10,21H,3-5,15H2,1-2H3,(H2,16,22)(H,19,23)(H,20,24)(H,25,26)(H2,17,18,27). The number of carbonyl (C=O) groups excluding carboxylic acids is 4. The van der Waals surface area contributed by atoms with E-state index < -0.39 is 66.8 Å². The van der Waals surface area contributed by atoms with E-state index in [4.69, 9.17) is 21.7 Å². The first-order valence-corrected chi connectivity index (χ1v) is 8.07. The number of nitrogens with two attached hydrogens (primary N) is 2. The van der Waals surface area contributed by atoms with Crippen molar-refractivity contribution in [2.24, 2.45) is 17.4 Å². The van der Waals surface area contributed by atoms with Crippen LogP contribution >= 0.6 is 0 Å². The van der Waals surface area contributed by atoms with Gasteiger partial charge in [-0.2, -0.15) is 0 Å². The summed E-state index contributed by atoms with van der Waals surface area (Å²) in [5, 5.41) is 22.2. The molecule has 0 spiro atoms. The molecule has 0 aromatic carbocycles. The Morgan fingerprint density at radius 1 is 1.04 bits per heavy atom. The van der Waals surface area contributed by atoms with Crippen LogP contribution in [-0.4, -0.2) is 64.7 Å². The SMILES string of the molecule is CCC(C)C(NC(=O)NC(CC(N)=O)C(=O)NNC(=O)C(N)CO)C(=O)O. The zero-order chi connectivity index (χ0) is 21.1. The number of amides is 5. The predicted octanol–water partition coefficient (Wildman–Crippen LogP) is -3.50. The van der Waals surface area contributed by atoms with Crippen LogP contribution in [0.4, 0.5) is 4.79 Å². The van der Waals surface area contributed by atoms with Crippen LogP contribution in [0.15, 0.2) is 0 Å². The molecular formula is C14H26N6O7. The van der Waals surface area contributed by atoms with Crippen LogP contribution in [0.25, 0.3) is 0 Å². The summed E-state index contributed by atoms with van der Waals surface area (Å²) in [6.45, 7) is 2.69. The number of carbonyl (C=O) groups is 5. The number of nitrogens with one attached hydrogen (secondary N) is 4. The summed E-state index contributed by atoms with van der Waals surface area (Å²) < 4.78 is 0. The summed E-state index contributed by atoms with van der Waals surface area (Å²) in [5.41, 5.74) is 14.1. The number of hydrazine groups is 1. The van der Waals surface area contributed by atoms with E-state index in [1.165, 1.54) is 0 Å². The molecule has 0 fully saturated rings. The van der Waals surface area contributed by atoms with E-state index in [9.17, 15) is 24.0 Å². The van der Waals surface area contributed by atoms with Crippen molar-refractivity contribution in [3.63, 3.8) is 0 Å². The highest BCUT2D eigenvalue weighted by Crippen LogP contribution is 2.07. The van der Waals surface area contributed by atoms with E-state index in [0.717, 1.165) is 0 Å². The third-order valence-electron chi connectivity index (χ3n) is 3.64. The van der Waals surface area contributed by atoms with Gasteiger partial charge in [0, 0.05) is 0 Å². The van der Waals surface area contributed by atoms with Gasteiger partial charge < -0.3 is 32.3 Å². The van der Waals surface area contributed by atoms with Crippen molar-refractivity contribution in [3.8, 4) is 0 Å². The van der Waals surface area contributed by atoms with E-state index in [2.05, 4.69) is 10.6 Å². The van der Waals surface area contributed by atoms with Gasteiger partial charge in [0.05, 0.1) is 13.0 Å². The Hall–Kier alpha value is -2.93. The molecule has 0 saturated carbocycles. The summed E-state index contributed by atoms with van der Waals surface area (Å²) in [4.78, 5) is 57.8. The zero-order valence-electron chi connectivity index (χ0n) is 15.0. The molecule has 4 unspecified atom stereocenters. The van der Waals surface area contributed by atoms with Gasteiger partial charge in [0.1, 0.15) is 18.1 Å². The van der Waals surface area contributed by atoms with Gasteiger partial charge in [0.15, 0.2) is 0 Å². The first kappa shape index (κ1) is 24.1. The van der Waals surface area contributed by atoms with Crippen LogP contribution < -0.4 is 33.0 Å². The second-order valence-electron chi connectivity index (χ2n) is 5.81. The molecule has 13 heteroatoms. The average Bonchev–Trinajstić information content (AvgIpc) is 2.61. The molecule has 0 aliphatic heterocycles. The van der Waals surface area contributed by atoms with E-state index >= 15 is 0 Å². The van der Waals surface area contributed by atoms with Gasteiger partial charge in [0.25, 0.3) is 11.8 Å². The lowest BCUT2D eigenvalue weighted by Gasteiger charge is -2.23. The molecule has 13 nitrogen and oxygen atoms in total. The molecule has 10 N–H and O–H groups in total. The van der Waals surface area contributed by atoms with Gasteiger partial charge in [-0.15, -0.1) is 0 Å². The molecule has 27 heavy (non-hydrogen) atoms. The summed E-state index contributed by atoms with van der Waals surface area (Å²) in [7, 11) is 0. The fraction of sp³-hybridized carbons (Fsp3) is 0.643. The molecular weight excluding hydrogens is 364 g/mol. The molecule has 0 saturated heterocycles. The number of aliphatic carboxylic acids is 1. The molecule has 0 heterocycles. The molecule has 0 rings (SSSR count). The maximum Gasteiger partial charge on any atom is 0.326 e. The Kier molecular flexibility index (Phi) is 10.4. The highest BCUT2D eigenvalue weighted by molar-refractivity contribution is 5.93. The van der Waals surface area contributed by atoms with Gasteiger partial charge in [-0.1, -0.05) is 20.3 Å². The number of rotatable bonds is 10. The van der Waals surface area contributed by atoms with Gasteiger partial charge in [0.2, 0.25) is 5.91 Å². The number of aliphatic hydroxyl groups is 1. The lowest BCUT2D eigenvalue weighted by atomic mass is 9.99. The summed E-state index contributed by atoms with van der Waals surface area (Å²) in [6, 6.07) is -5.00. The van der Waals surface area contributed by atoms with Crippen molar-refractivity contribution < 1.29 is 34.2 Å². The van der Waals surface area contributed by atoms with Gasteiger partial charge in [-0.25, -0.2) is 9.59 Å². The van der Waals surface area contributed by atoms with Crippen molar-refractivity contribution in [3.05, 3.63) is 0 Å². The van der Waals surface area contributed by atoms with Crippen LogP contribution in [0.2, 0.25) is 0 Å². The maximum absolute atomic E-state index is 12.0. The van der Waals surface area contributed by atoms with Crippen LogP contribution in [0.1, 0.15) is 26.7 Å². The quantitative estimate of drug-likeness (QED) is 0.174. The van der Waals surface area contributed by atoms with Crippen molar-refractivity contribution >= 4 is 29.7 Å². The molecule has 154 valence electrons. The molecule has 0 aromatic rings. The second-order valence-corrected chi connectivity index (χ2v) is 5.81. The number of carboxylic acids is 1. The minimum absolute atomic E-state index is 0.393. The van der Waals surface area contributed by atoms with E-state index in [0.29, 0.717) is 6.42 Å². The number of carboxylic acid groups (broad SMARTS) is 1. The summed E-state index contributed by atoms with van der Waals surface area (Å²) >= 11 is 0. The maximum atomic E-state index is 12.0. The number of hydrogen-bond donors (Lipinski definition) is 8. The van der Waals surface area contributed by atoms with E-state index in [1.54, 1.807) is 13.8 Å². The number of aliphatic hydroxyl groups excluding tert-OH is 1. The normalized spacial score (nSPS) is 14.8. The Balaban J connectivity index is 4.96. The molecule has 0 aromatic heterocycles. The van der Waals surface area contributed by atoms with Gasteiger partial charge in [-0.05, 0) is 5.92 Å². The van der Waals surface area contributed by atoms with Crippen LogP contribution in [0.3, 0.4) is 0 Å². The third kappa shape index (κ3) is 8.82. The molecule has 0 aliphatic rings. The van der Waals surface area contributed by atoms with Crippen LogP contribution in [0.5, 0.6) is 0 Å². The van der Waals surface area contributed by atoms with Gasteiger partial charge in [-0.3, -0.25) is 25.2 Å². The highest BCUT2D eigenvalue weighted by Gasteiger charge is 2.28. The summed E-state index contributed by atoms with van der Waals surface area (Å²) in [5.74, 6) is -4.49. The van der Waals surface area contributed by atoms with Crippen molar-refractivity contribution in [2.45, 2.75) is 44.8 Å². The second kappa shape index (κ2) is 11.6. The van der Waals surface area contributed by atoms with E-state index in [1.807, 2.05) is 10.9 Å². The fourth-order valence-electron chi connectivity index (χ4n) is 1.82. The Bertz CT molecular complexity index is 570. The predicted molar refractivity (Wildman–Crippen MR) is 91.5 cm³/mol. The smallest absolute Gasteiger partial charge is 0.326 e. The first-order valence-electron chi connectivity index (χ1n) is 8.07. The third-order valence-corrected chi connectivity index (χ3v) is 3.64. The Morgan fingerprint density at radius 3 is 2.04 bits per heavy atom. The van der Waals surface area contributed by atoms with Crippen LogP contribution in [-0.2, 0) is 19.2 Å². The zero-order valence-corrected chi connectivity index (χ0v) is 15.0. The largest absolute Gasteiger partial charge is 0.480 e. The Morgan fingerprint density at radius 2 is 1.59 bits per heavy atom. The molecule has 5 amide bonds. The van der Waals surface area contributed by atoms with Crippen LogP contribution in [0, 0.1) is 5.92 Å². The highest BCUT2D eigenvalue weighted by atomic mass is 16.4. The molecule has 0 radical (unpaired) electrons. The molecule has 0 bridgehead atoms. The van der Waals surface area contributed by atoms with Crippen molar-refractivity contribution in [1.29, 1.82) is 0 Å². The average molecular weight is 390 g/mol. The summed E-state index contributed by atoms with van der Waals surface area (Å²) in [6.07, 6.45) is -0.137.